The van der Waals surface area contributed by atoms with Crippen molar-refractivity contribution in [3.8, 4) is 0 Å². The SMILES string of the molecule is NCCN(Cc1ccccc1)C1CCCC(C2CC2)C1. The van der Waals surface area contributed by atoms with Gasteiger partial charge in [0.05, 0.1) is 0 Å². The molecular formula is C18H28N2. The van der Waals surface area contributed by atoms with E-state index in [4.69, 9.17) is 5.73 Å². The fraction of sp³-hybridized carbons (Fsp3) is 0.667. The van der Waals surface area contributed by atoms with Gasteiger partial charge in [-0.2, -0.15) is 0 Å². The van der Waals surface area contributed by atoms with Gasteiger partial charge in [-0.3, -0.25) is 4.90 Å². The summed E-state index contributed by atoms with van der Waals surface area (Å²) in [6.45, 7) is 2.88. The van der Waals surface area contributed by atoms with Crippen LogP contribution < -0.4 is 5.73 Å². The van der Waals surface area contributed by atoms with E-state index in [0.717, 1.165) is 37.5 Å². The molecule has 2 aliphatic carbocycles. The number of rotatable bonds is 6. The largest absolute Gasteiger partial charge is 0.329 e. The maximum absolute atomic E-state index is 5.85. The summed E-state index contributed by atoms with van der Waals surface area (Å²) in [7, 11) is 0. The van der Waals surface area contributed by atoms with Crippen LogP contribution in [0.5, 0.6) is 0 Å². The van der Waals surface area contributed by atoms with Crippen LogP contribution in [0.3, 0.4) is 0 Å². The standard InChI is InChI=1S/C18H28N2/c19-11-12-20(14-15-5-2-1-3-6-15)18-8-4-7-17(13-18)16-9-10-16/h1-3,5-6,16-18H,4,7-14,19H2. The van der Waals surface area contributed by atoms with Gasteiger partial charge in [-0.1, -0.05) is 43.2 Å². The molecule has 0 spiro atoms. The topological polar surface area (TPSA) is 29.3 Å². The van der Waals surface area contributed by atoms with Gasteiger partial charge in [-0.25, -0.2) is 0 Å². The highest BCUT2D eigenvalue weighted by Crippen LogP contribution is 2.44. The molecule has 2 heteroatoms. The number of nitrogens with zero attached hydrogens (tertiary/aromatic N) is 1. The molecule has 2 atom stereocenters. The Labute approximate surface area is 123 Å². The second-order valence-corrected chi connectivity index (χ2v) is 6.66. The smallest absolute Gasteiger partial charge is 0.0237 e. The first-order valence-corrected chi connectivity index (χ1v) is 8.35. The fourth-order valence-corrected chi connectivity index (χ4v) is 3.90. The van der Waals surface area contributed by atoms with E-state index in [1.165, 1.54) is 44.1 Å². The fourth-order valence-electron chi connectivity index (χ4n) is 3.90. The molecule has 1 aromatic carbocycles. The van der Waals surface area contributed by atoms with Crippen LogP contribution in [0.25, 0.3) is 0 Å². The molecule has 20 heavy (non-hydrogen) atoms. The van der Waals surface area contributed by atoms with Crippen LogP contribution >= 0.6 is 0 Å². The van der Waals surface area contributed by atoms with E-state index in [-0.39, 0.29) is 0 Å². The van der Waals surface area contributed by atoms with Crippen molar-refractivity contribution in [1.82, 2.24) is 4.90 Å². The van der Waals surface area contributed by atoms with E-state index in [0.29, 0.717) is 0 Å². The van der Waals surface area contributed by atoms with Crippen LogP contribution in [0.2, 0.25) is 0 Å². The number of nitrogens with two attached hydrogens (primary N) is 1. The summed E-state index contributed by atoms with van der Waals surface area (Å²) in [6.07, 6.45) is 8.66. The van der Waals surface area contributed by atoms with Crippen LogP contribution in [0, 0.1) is 11.8 Å². The highest BCUT2D eigenvalue weighted by molar-refractivity contribution is 5.14. The zero-order valence-electron chi connectivity index (χ0n) is 12.5. The molecule has 2 fully saturated rings. The van der Waals surface area contributed by atoms with Crippen molar-refractivity contribution in [3.05, 3.63) is 35.9 Å². The van der Waals surface area contributed by atoms with Crippen LogP contribution in [0.15, 0.2) is 30.3 Å². The summed E-state index contributed by atoms with van der Waals surface area (Å²) in [4.78, 5) is 2.64. The van der Waals surface area contributed by atoms with Crippen molar-refractivity contribution in [2.24, 2.45) is 17.6 Å². The summed E-state index contributed by atoms with van der Waals surface area (Å²) in [5.74, 6) is 2.07. The minimum Gasteiger partial charge on any atom is -0.329 e. The number of benzene rings is 1. The summed E-state index contributed by atoms with van der Waals surface area (Å²) in [5, 5.41) is 0. The van der Waals surface area contributed by atoms with Gasteiger partial charge < -0.3 is 5.73 Å². The minimum atomic E-state index is 0.762. The first-order chi connectivity index (χ1) is 9.86. The van der Waals surface area contributed by atoms with Crippen LogP contribution in [0.1, 0.15) is 44.1 Å². The summed E-state index contributed by atoms with van der Waals surface area (Å²) in [6, 6.07) is 11.6. The molecule has 2 N–H and O–H groups in total. The van der Waals surface area contributed by atoms with E-state index >= 15 is 0 Å². The van der Waals surface area contributed by atoms with E-state index in [9.17, 15) is 0 Å². The molecule has 2 aliphatic rings. The maximum atomic E-state index is 5.85. The van der Waals surface area contributed by atoms with Gasteiger partial charge in [0.25, 0.3) is 0 Å². The van der Waals surface area contributed by atoms with Gasteiger partial charge >= 0.3 is 0 Å². The van der Waals surface area contributed by atoms with Crippen molar-refractivity contribution in [2.75, 3.05) is 13.1 Å². The van der Waals surface area contributed by atoms with Crippen LogP contribution in [-0.2, 0) is 6.54 Å². The molecule has 110 valence electrons. The van der Waals surface area contributed by atoms with Gasteiger partial charge in [0.2, 0.25) is 0 Å². The van der Waals surface area contributed by atoms with Crippen LogP contribution in [0.4, 0.5) is 0 Å². The molecule has 0 amide bonds. The lowest BCUT2D eigenvalue weighted by atomic mass is 9.82. The molecule has 0 aliphatic heterocycles. The normalized spacial score (nSPS) is 26.9. The molecular weight excluding hydrogens is 244 g/mol. The zero-order valence-corrected chi connectivity index (χ0v) is 12.5. The van der Waals surface area contributed by atoms with Gasteiger partial charge in [0.1, 0.15) is 0 Å². The Morgan fingerprint density at radius 2 is 1.80 bits per heavy atom. The Morgan fingerprint density at radius 1 is 1.00 bits per heavy atom. The molecule has 0 radical (unpaired) electrons. The molecule has 2 saturated carbocycles. The number of hydrogen-bond acceptors (Lipinski definition) is 2. The molecule has 2 nitrogen and oxygen atoms in total. The molecule has 2 unspecified atom stereocenters. The second kappa shape index (κ2) is 6.73. The van der Waals surface area contributed by atoms with Gasteiger partial charge in [0, 0.05) is 25.7 Å². The van der Waals surface area contributed by atoms with E-state index < -0.39 is 0 Å². The summed E-state index contributed by atoms with van der Waals surface area (Å²) >= 11 is 0. The average molecular weight is 272 g/mol. The Balaban J connectivity index is 1.62. The molecule has 1 aromatic rings. The lowest BCUT2D eigenvalue weighted by Crippen LogP contribution is -2.41. The summed E-state index contributed by atoms with van der Waals surface area (Å²) in [5.41, 5.74) is 7.28. The monoisotopic (exact) mass is 272 g/mol. The molecule has 0 bridgehead atoms. The molecule has 0 saturated heterocycles. The van der Waals surface area contributed by atoms with Crippen molar-refractivity contribution in [2.45, 2.75) is 51.1 Å². The predicted octanol–water partition coefficient (Wildman–Crippen LogP) is 3.42. The quantitative estimate of drug-likeness (QED) is 0.860. The van der Waals surface area contributed by atoms with Crippen molar-refractivity contribution >= 4 is 0 Å². The second-order valence-electron chi connectivity index (χ2n) is 6.66. The van der Waals surface area contributed by atoms with Gasteiger partial charge in [-0.05, 0) is 43.1 Å². The van der Waals surface area contributed by atoms with Crippen molar-refractivity contribution in [1.29, 1.82) is 0 Å². The lowest BCUT2D eigenvalue weighted by molar-refractivity contribution is 0.119. The third-order valence-corrected chi connectivity index (χ3v) is 5.14. The third-order valence-electron chi connectivity index (χ3n) is 5.14. The van der Waals surface area contributed by atoms with E-state index in [1.807, 2.05) is 0 Å². The van der Waals surface area contributed by atoms with E-state index in [2.05, 4.69) is 35.2 Å². The van der Waals surface area contributed by atoms with Crippen molar-refractivity contribution in [3.63, 3.8) is 0 Å². The van der Waals surface area contributed by atoms with Crippen LogP contribution in [-0.4, -0.2) is 24.0 Å². The predicted molar refractivity (Wildman–Crippen MR) is 84.4 cm³/mol. The zero-order chi connectivity index (χ0) is 13.8. The van der Waals surface area contributed by atoms with Gasteiger partial charge in [0.15, 0.2) is 0 Å². The molecule has 0 aromatic heterocycles. The highest BCUT2D eigenvalue weighted by Gasteiger charge is 2.36. The third kappa shape index (κ3) is 3.62. The lowest BCUT2D eigenvalue weighted by Gasteiger charge is -2.37. The van der Waals surface area contributed by atoms with E-state index in [1.54, 1.807) is 0 Å². The minimum absolute atomic E-state index is 0.762. The molecule has 0 heterocycles. The van der Waals surface area contributed by atoms with Crippen molar-refractivity contribution < 1.29 is 0 Å². The first kappa shape index (κ1) is 14.1. The highest BCUT2D eigenvalue weighted by atomic mass is 15.2. The average Bonchev–Trinajstić information content (AvgIpc) is 3.33. The van der Waals surface area contributed by atoms with Gasteiger partial charge in [-0.15, -0.1) is 0 Å². The maximum Gasteiger partial charge on any atom is 0.0237 e. The first-order valence-electron chi connectivity index (χ1n) is 8.35. The Hall–Kier alpha value is -0.860. The Kier molecular flexibility index (Phi) is 4.74. The Morgan fingerprint density at radius 3 is 2.50 bits per heavy atom. The number of hydrogen-bond donors (Lipinski definition) is 1. The summed E-state index contributed by atoms with van der Waals surface area (Å²) < 4.78 is 0. The Bertz CT molecular complexity index is 399. The molecule has 3 rings (SSSR count).